The summed E-state index contributed by atoms with van der Waals surface area (Å²) in [5.41, 5.74) is 1.09. The zero-order valence-corrected chi connectivity index (χ0v) is 19.6. The van der Waals surface area contributed by atoms with Crippen LogP contribution >= 0.6 is 24.0 Å². The van der Waals surface area contributed by atoms with E-state index >= 15 is 0 Å². The number of rotatable bonds is 7. The zero-order chi connectivity index (χ0) is 18.9. The second kappa shape index (κ2) is 12.3. The normalized spacial score (nSPS) is 16.0. The molecule has 1 aromatic carbocycles. The molecule has 6 nitrogen and oxygen atoms in total. The van der Waals surface area contributed by atoms with Gasteiger partial charge in [0.1, 0.15) is 0 Å². The van der Waals surface area contributed by atoms with E-state index in [0.717, 1.165) is 55.5 Å². The van der Waals surface area contributed by atoms with Crippen molar-refractivity contribution in [1.29, 1.82) is 0 Å². The van der Waals surface area contributed by atoms with E-state index in [0.29, 0.717) is 18.6 Å². The second-order valence-corrected chi connectivity index (χ2v) is 6.93. The van der Waals surface area contributed by atoms with Gasteiger partial charge in [-0.1, -0.05) is 6.07 Å². The number of aliphatic imine (C=N–C) groups is 1. The van der Waals surface area contributed by atoms with E-state index in [1.165, 1.54) is 0 Å². The molecule has 0 aromatic heterocycles. The van der Waals surface area contributed by atoms with Crippen molar-refractivity contribution in [3.63, 3.8) is 0 Å². The van der Waals surface area contributed by atoms with Gasteiger partial charge in [-0.05, 0) is 51.3 Å². The van der Waals surface area contributed by atoms with Crippen LogP contribution in [0.4, 0.5) is 0 Å². The topological polar surface area (TPSA) is 58.1 Å². The molecule has 0 spiro atoms. The van der Waals surface area contributed by atoms with E-state index in [1.807, 2.05) is 18.2 Å². The van der Waals surface area contributed by atoms with Crippen LogP contribution in [0.5, 0.6) is 11.5 Å². The average molecular weight is 490 g/mol. The van der Waals surface area contributed by atoms with Gasteiger partial charge in [0, 0.05) is 31.7 Å². The summed E-state index contributed by atoms with van der Waals surface area (Å²) in [4.78, 5) is 7.28. The third-order valence-corrected chi connectivity index (χ3v) is 4.81. The fourth-order valence-electron chi connectivity index (χ4n) is 3.22. The second-order valence-electron chi connectivity index (χ2n) is 6.93. The van der Waals surface area contributed by atoms with Crippen molar-refractivity contribution < 1.29 is 9.47 Å². The highest BCUT2D eigenvalue weighted by molar-refractivity contribution is 14.0. The first-order valence-electron chi connectivity index (χ1n) is 9.57. The summed E-state index contributed by atoms with van der Waals surface area (Å²) >= 11 is 0. The molecule has 2 N–H and O–H groups in total. The molecule has 1 fully saturated rings. The van der Waals surface area contributed by atoms with Crippen LogP contribution < -0.4 is 20.1 Å². The molecule has 27 heavy (non-hydrogen) atoms. The van der Waals surface area contributed by atoms with Crippen LogP contribution in [0.15, 0.2) is 23.2 Å². The number of methoxy groups -OCH3 is 2. The Morgan fingerprint density at radius 3 is 2.41 bits per heavy atom. The van der Waals surface area contributed by atoms with Gasteiger partial charge >= 0.3 is 0 Å². The average Bonchev–Trinajstić information content (AvgIpc) is 2.66. The molecule has 0 bridgehead atoms. The molecule has 154 valence electrons. The van der Waals surface area contributed by atoms with E-state index in [1.54, 1.807) is 14.2 Å². The minimum Gasteiger partial charge on any atom is -0.493 e. The highest BCUT2D eigenvalue weighted by Crippen LogP contribution is 2.27. The van der Waals surface area contributed by atoms with Crippen molar-refractivity contribution in [2.45, 2.75) is 52.2 Å². The number of benzene rings is 1. The SMILES string of the molecule is CCNC(=NCc1ccc(OC)c(OC)c1)NC1CCN(C(C)C)CC1.I. The summed E-state index contributed by atoms with van der Waals surface area (Å²) in [5.74, 6) is 2.35. The number of ether oxygens (including phenoxy) is 2. The predicted molar refractivity (Wildman–Crippen MR) is 123 cm³/mol. The van der Waals surface area contributed by atoms with Gasteiger partial charge in [-0.15, -0.1) is 24.0 Å². The largest absolute Gasteiger partial charge is 0.493 e. The Hall–Kier alpha value is -1.22. The van der Waals surface area contributed by atoms with Crippen LogP contribution in [0.25, 0.3) is 0 Å². The number of piperidine rings is 1. The van der Waals surface area contributed by atoms with E-state index in [4.69, 9.17) is 14.5 Å². The first-order chi connectivity index (χ1) is 12.6. The summed E-state index contributed by atoms with van der Waals surface area (Å²) < 4.78 is 10.7. The Balaban J connectivity index is 0.00000364. The van der Waals surface area contributed by atoms with Crippen molar-refractivity contribution in [2.75, 3.05) is 33.9 Å². The number of halogens is 1. The molecule has 2 rings (SSSR count). The molecule has 0 atom stereocenters. The molecular weight excluding hydrogens is 455 g/mol. The molecular formula is C20H35IN4O2. The maximum Gasteiger partial charge on any atom is 0.191 e. The van der Waals surface area contributed by atoms with E-state index < -0.39 is 0 Å². The summed E-state index contributed by atoms with van der Waals surface area (Å²) in [6, 6.07) is 7.03. The quantitative estimate of drug-likeness (QED) is 0.349. The zero-order valence-electron chi connectivity index (χ0n) is 17.2. The predicted octanol–water partition coefficient (Wildman–Crippen LogP) is 3.25. The molecule has 1 heterocycles. The fraction of sp³-hybridized carbons (Fsp3) is 0.650. The Bertz CT molecular complexity index is 587. The lowest BCUT2D eigenvalue weighted by molar-refractivity contribution is 0.167. The third kappa shape index (κ3) is 7.37. The highest BCUT2D eigenvalue weighted by Gasteiger charge is 2.21. The Labute approximate surface area is 181 Å². The molecule has 7 heteroatoms. The van der Waals surface area contributed by atoms with Crippen molar-refractivity contribution >= 4 is 29.9 Å². The van der Waals surface area contributed by atoms with Crippen molar-refractivity contribution in [3.8, 4) is 11.5 Å². The minimum absolute atomic E-state index is 0. The summed E-state index contributed by atoms with van der Waals surface area (Å²) in [6.45, 7) is 10.4. The lowest BCUT2D eigenvalue weighted by Crippen LogP contribution is -2.49. The number of nitrogens with one attached hydrogen (secondary N) is 2. The number of nitrogens with zero attached hydrogens (tertiary/aromatic N) is 2. The van der Waals surface area contributed by atoms with Crippen LogP contribution in [-0.2, 0) is 6.54 Å². The number of guanidine groups is 1. The molecule has 0 unspecified atom stereocenters. The van der Waals surface area contributed by atoms with Crippen molar-refractivity contribution in [2.24, 2.45) is 4.99 Å². The number of likely N-dealkylation sites (tertiary alicyclic amines) is 1. The summed E-state index contributed by atoms with van der Waals surface area (Å²) in [7, 11) is 3.30. The van der Waals surface area contributed by atoms with Crippen LogP contribution in [0.2, 0.25) is 0 Å². The van der Waals surface area contributed by atoms with Crippen molar-refractivity contribution in [3.05, 3.63) is 23.8 Å². The Morgan fingerprint density at radius 2 is 1.85 bits per heavy atom. The van der Waals surface area contributed by atoms with E-state index in [2.05, 4.69) is 36.3 Å². The highest BCUT2D eigenvalue weighted by atomic mass is 127. The van der Waals surface area contributed by atoms with Gasteiger partial charge in [-0.3, -0.25) is 0 Å². The smallest absolute Gasteiger partial charge is 0.191 e. The van der Waals surface area contributed by atoms with Crippen molar-refractivity contribution in [1.82, 2.24) is 15.5 Å². The number of hydrogen-bond acceptors (Lipinski definition) is 4. The minimum atomic E-state index is 0. The lowest BCUT2D eigenvalue weighted by atomic mass is 10.0. The van der Waals surface area contributed by atoms with Gasteiger partial charge in [0.2, 0.25) is 0 Å². The van der Waals surface area contributed by atoms with Gasteiger partial charge in [-0.2, -0.15) is 0 Å². The molecule has 1 saturated heterocycles. The fourth-order valence-corrected chi connectivity index (χ4v) is 3.22. The summed E-state index contributed by atoms with van der Waals surface area (Å²) in [6.07, 6.45) is 2.30. The first kappa shape index (κ1) is 23.8. The van der Waals surface area contributed by atoms with Crippen LogP contribution in [0.3, 0.4) is 0 Å². The Kier molecular flexibility index (Phi) is 10.8. The third-order valence-electron chi connectivity index (χ3n) is 4.81. The van der Waals surface area contributed by atoms with Gasteiger partial charge in [-0.25, -0.2) is 4.99 Å². The van der Waals surface area contributed by atoms with Crippen LogP contribution in [-0.4, -0.2) is 56.8 Å². The molecule has 1 aliphatic heterocycles. The monoisotopic (exact) mass is 490 g/mol. The molecule has 0 saturated carbocycles. The molecule has 1 aromatic rings. The van der Waals surface area contributed by atoms with E-state index in [-0.39, 0.29) is 24.0 Å². The molecule has 0 radical (unpaired) electrons. The van der Waals surface area contributed by atoms with Gasteiger partial charge in [0.25, 0.3) is 0 Å². The summed E-state index contributed by atoms with van der Waals surface area (Å²) in [5, 5.41) is 6.95. The number of hydrogen-bond donors (Lipinski definition) is 2. The van der Waals surface area contributed by atoms with E-state index in [9.17, 15) is 0 Å². The molecule has 1 aliphatic rings. The van der Waals surface area contributed by atoms with Crippen LogP contribution in [0, 0.1) is 0 Å². The Morgan fingerprint density at radius 1 is 1.19 bits per heavy atom. The lowest BCUT2D eigenvalue weighted by Gasteiger charge is -2.35. The maximum atomic E-state index is 5.37. The van der Waals surface area contributed by atoms with Gasteiger partial charge in [0.05, 0.1) is 20.8 Å². The molecule has 0 amide bonds. The van der Waals surface area contributed by atoms with Crippen LogP contribution in [0.1, 0.15) is 39.2 Å². The van der Waals surface area contributed by atoms with Gasteiger partial charge in [0.15, 0.2) is 17.5 Å². The maximum absolute atomic E-state index is 5.37. The standard InChI is InChI=1S/C20H34N4O2.HI/c1-6-21-20(23-17-9-11-24(12-10-17)15(2)3)22-14-16-7-8-18(25-4)19(13-16)26-5;/h7-8,13,15,17H,6,9-12,14H2,1-5H3,(H2,21,22,23);1H. The first-order valence-corrected chi connectivity index (χ1v) is 9.57. The molecule has 0 aliphatic carbocycles. The van der Waals surface area contributed by atoms with Gasteiger partial charge < -0.3 is 25.0 Å².